The van der Waals surface area contributed by atoms with Crippen molar-refractivity contribution in [2.24, 2.45) is 5.92 Å². The molecule has 0 saturated heterocycles. The van der Waals surface area contributed by atoms with E-state index in [1.54, 1.807) is 0 Å². The number of ether oxygens (including phenoxy) is 1. The number of aliphatic hydroxyl groups excluding tert-OH is 4. The number of aliphatic hydroxyl groups is 4. The predicted molar refractivity (Wildman–Crippen MR) is 112 cm³/mol. The Kier molecular flexibility index (Phi) is 5.80. The summed E-state index contributed by atoms with van der Waals surface area (Å²) in [6.07, 6.45) is -6.11. The second kappa shape index (κ2) is 8.45. The van der Waals surface area contributed by atoms with Crippen molar-refractivity contribution in [2.45, 2.75) is 30.8 Å². The summed E-state index contributed by atoms with van der Waals surface area (Å²) in [5.41, 5.74) is -1.02. The zero-order valence-electron chi connectivity index (χ0n) is 17.0. The number of hydrogen-bond donors (Lipinski definition) is 8. The van der Waals surface area contributed by atoms with Gasteiger partial charge < -0.3 is 50.0 Å². The Morgan fingerprint density at radius 1 is 0.909 bits per heavy atom. The van der Waals surface area contributed by atoms with Crippen LogP contribution in [0.25, 0.3) is 22.3 Å². The number of hydrogen-bond acceptors (Lipinski definition) is 11. The molecule has 0 aliphatic heterocycles. The molecule has 8 N–H and O–H groups in total. The summed E-state index contributed by atoms with van der Waals surface area (Å²) in [4.78, 5) is 13.3. The van der Waals surface area contributed by atoms with Crippen molar-refractivity contribution in [3.63, 3.8) is 0 Å². The number of benzene rings is 2. The van der Waals surface area contributed by atoms with Crippen molar-refractivity contribution < 1.29 is 50.0 Å². The number of fused-ring (bicyclic) bond motifs is 1. The van der Waals surface area contributed by atoms with Crippen LogP contribution in [0.4, 0.5) is 0 Å². The smallest absolute Gasteiger partial charge is 0.239 e. The van der Waals surface area contributed by atoms with Crippen molar-refractivity contribution in [1.82, 2.24) is 0 Å². The van der Waals surface area contributed by atoms with E-state index >= 15 is 0 Å². The summed E-state index contributed by atoms with van der Waals surface area (Å²) < 4.78 is 11.5. The van der Waals surface area contributed by atoms with Gasteiger partial charge in [0.05, 0.1) is 6.10 Å². The van der Waals surface area contributed by atoms with Gasteiger partial charge in [0.15, 0.2) is 17.3 Å². The van der Waals surface area contributed by atoms with E-state index in [0.29, 0.717) is 0 Å². The van der Waals surface area contributed by atoms with Gasteiger partial charge in [-0.05, 0) is 24.6 Å². The molecule has 3 aromatic rings. The Morgan fingerprint density at radius 2 is 1.64 bits per heavy atom. The predicted octanol–water partition coefficient (Wildman–Crippen LogP) is 0.125. The molecule has 0 spiro atoms. The molecule has 11 heteroatoms. The van der Waals surface area contributed by atoms with E-state index in [1.165, 1.54) is 6.07 Å². The highest BCUT2D eigenvalue weighted by molar-refractivity contribution is 5.88. The second-order valence-electron chi connectivity index (χ2n) is 7.94. The topological polar surface area (TPSA) is 201 Å². The molecule has 2 unspecified atom stereocenters. The van der Waals surface area contributed by atoms with Crippen LogP contribution in [0.3, 0.4) is 0 Å². The van der Waals surface area contributed by atoms with Crippen LogP contribution in [0.1, 0.15) is 6.42 Å². The quantitative estimate of drug-likeness (QED) is 0.245. The number of rotatable bonds is 4. The van der Waals surface area contributed by atoms with Crippen molar-refractivity contribution in [3.05, 3.63) is 40.6 Å². The maximum absolute atomic E-state index is 13.3. The van der Waals surface area contributed by atoms with E-state index in [2.05, 4.69) is 0 Å². The third-order valence-corrected chi connectivity index (χ3v) is 5.76. The summed E-state index contributed by atoms with van der Waals surface area (Å²) in [6.45, 7) is -0.518. The molecule has 2 aromatic carbocycles. The van der Waals surface area contributed by atoms with E-state index in [1.807, 2.05) is 0 Å². The normalized spacial score (nSPS) is 25.3. The van der Waals surface area contributed by atoms with E-state index in [4.69, 9.17) is 9.15 Å². The standard InChI is InChI=1S/C22H22O11/c23-7-9-4-15(18(29)20(31)17(9)28)33-22-19(30)16-13(27)5-10(24)6-14(16)32-21(22)8-1-2-11(25)12(26)3-8/h1-3,5-6,9,15,17-18,20,23-29,31H,4,7H2/t9?,15-,17-,18-,20?/m0/s1. The zero-order chi connectivity index (χ0) is 24.0. The highest BCUT2D eigenvalue weighted by Gasteiger charge is 2.44. The Morgan fingerprint density at radius 3 is 2.30 bits per heavy atom. The van der Waals surface area contributed by atoms with Crippen LogP contribution in [0.2, 0.25) is 0 Å². The molecule has 33 heavy (non-hydrogen) atoms. The summed E-state index contributed by atoms with van der Waals surface area (Å²) in [5.74, 6) is -3.58. The van der Waals surface area contributed by atoms with Gasteiger partial charge >= 0.3 is 0 Å². The lowest BCUT2D eigenvalue weighted by Gasteiger charge is -2.39. The SMILES string of the molecule is O=c1c(O[C@H]2CC(CO)[C@H](O)C(O)[C@H]2O)c(-c2ccc(O)c(O)c2)oc2cc(O)cc(O)c12. The first-order valence-electron chi connectivity index (χ1n) is 9.99. The largest absolute Gasteiger partial charge is 0.508 e. The Bertz CT molecular complexity index is 1250. The summed E-state index contributed by atoms with van der Waals surface area (Å²) in [5, 5.41) is 79.3. The molecule has 11 nitrogen and oxygen atoms in total. The summed E-state index contributed by atoms with van der Waals surface area (Å²) >= 11 is 0. The van der Waals surface area contributed by atoms with Gasteiger partial charge in [-0.15, -0.1) is 0 Å². The monoisotopic (exact) mass is 462 g/mol. The average molecular weight is 462 g/mol. The van der Waals surface area contributed by atoms with Crippen LogP contribution < -0.4 is 10.2 Å². The highest BCUT2D eigenvalue weighted by atomic mass is 16.5. The minimum absolute atomic E-state index is 0.0757. The molecule has 0 bridgehead atoms. The van der Waals surface area contributed by atoms with E-state index < -0.39 is 65.4 Å². The first-order valence-corrected chi connectivity index (χ1v) is 9.99. The molecule has 1 heterocycles. The van der Waals surface area contributed by atoms with Gasteiger partial charge in [-0.25, -0.2) is 0 Å². The molecule has 1 fully saturated rings. The van der Waals surface area contributed by atoms with Crippen LogP contribution in [-0.4, -0.2) is 71.9 Å². The molecule has 1 aromatic heterocycles. The lowest BCUT2D eigenvalue weighted by atomic mass is 9.81. The van der Waals surface area contributed by atoms with Gasteiger partial charge in [-0.3, -0.25) is 4.79 Å². The Labute approximate surface area is 185 Å². The minimum atomic E-state index is -1.67. The Balaban J connectivity index is 1.91. The number of phenols is 4. The minimum Gasteiger partial charge on any atom is -0.508 e. The maximum Gasteiger partial charge on any atom is 0.239 e. The number of aromatic hydroxyl groups is 4. The summed E-state index contributed by atoms with van der Waals surface area (Å²) in [6, 6.07) is 5.53. The van der Waals surface area contributed by atoms with Gasteiger partial charge in [0.2, 0.25) is 11.2 Å². The third-order valence-electron chi connectivity index (χ3n) is 5.76. The van der Waals surface area contributed by atoms with Crippen molar-refractivity contribution in [3.8, 4) is 40.1 Å². The molecule has 1 aliphatic rings. The lowest BCUT2D eigenvalue weighted by molar-refractivity contribution is -0.157. The van der Waals surface area contributed by atoms with Crippen LogP contribution >= 0.6 is 0 Å². The molecule has 1 saturated carbocycles. The lowest BCUT2D eigenvalue weighted by Crippen LogP contribution is -2.56. The van der Waals surface area contributed by atoms with Gasteiger partial charge in [0, 0.05) is 30.2 Å². The number of phenolic OH excluding ortho intramolecular Hbond substituents is 4. The van der Waals surface area contributed by atoms with Crippen molar-refractivity contribution >= 4 is 11.0 Å². The second-order valence-corrected chi connectivity index (χ2v) is 7.94. The molecule has 5 atom stereocenters. The van der Waals surface area contributed by atoms with E-state index in [9.17, 15) is 45.6 Å². The van der Waals surface area contributed by atoms with E-state index in [0.717, 1.165) is 24.3 Å². The fraction of sp³-hybridized carbons (Fsp3) is 0.318. The highest BCUT2D eigenvalue weighted by Crippen LogP contribution is 2.39. The van der Waals surface area contributed by atoms with Crippen molar-refractivity contribution in [1.29, 1.82) is 0 Å². The van der Waals surface area contributed by atoms with Crippen LogP contribution in [-0.2, 0) is 0 Å². The first kappa shape index (κ1) is 22.7. The van der Waals surface area contributed by atoms with Gasteiger partial charge in [0.25, 0.3) is 0 Å². The fourth-order valence-electron chi connectivity index (χ4n) is 3.96. The van der Waals surface area contributed by atoms with E-state index in [-0.39, 0.29) is 34.5 Å². The molecular weight excluding hydrogens is 440 g/mol. The van der Waals surface area contributed by atoms with Gasteiger partial charge in [-0.2, -0.15) is 0 Å². The van der Waals surface area contributed by atoms with Gasteiger partial charge in [0.1, 0.15) is 40.8 Å². The maximum atomic E-state index is 13.3. The average Bonchev–Trinajstić information content (AvgIpc) is 2.76. The first-order chi connectivity index (χ1) is 15.6. The van der Waals surface area contributed by atoms with Gasteiger partial charge in [-0.1, -0.05) is 0 Å². The molecule has 4 rings (SSSR count). The molecule has 0 amide bonds. The van der Waals surface area contributed by atoms with Crippen LogP contribution in [0.5, 0.6) is 28.7 Å². The molecule has 176 valence electrons. The molecular formula is C22H22O11. The summed E-state index contributed by atoms with van der Waals surface area (Å²) in [7, 11) is 0. The van der Waals surface area contributed by atoms with Crippen LogP contribution in [0, 0.1) is 5.92 Å². The van der Waals surface area contributed by atoms with Crippen molar-refractivity contribution in [2.75, 3.05) is 6.61 Å². The molecule has 0 radical (unpaired) electrons. The Hall–Kier alpha value is -3.51. The fourth-order valence-corrected chi connectivity index (χ4v) is 3.96. The zero-order valence-corrected chi connectivity index (χ0v) is 17.0. The van der Waals surface area contributed by atoms with Crippen LogP contribution in [0.15, 0.2) is 39.5 Å². The molecule has 1 aliphatic carbocycles. The third kappa shape index (κ3) is 3.91.